The standard InChI is InChI=1S/C12H24N2/c1-4-13-8-9-14(10(2)3)12-7-5-6-11(12)13/h10-12H,4-9H2,1-3H3. The Balaban J connectivity index is 2.07. The summed E-state index contributed by atoms with van der Waals surface area (Å²) in [5.41, 5.74) is 0. The molecule has 2 heteroatoms. The summed E-state index contributed by atoms with van der Waals surface area (Å²) in [5, 5.41) is 0. The lowest BCUT2D eigenvalue weighted by Crippen LogP contribution is -2.58. The van der Waals surface area contributed by atoms with Gasteiger partial charge in [-0.3, -0.25) is 9.80 Å². The second-order valence-electron chi connectivity index (χ2n) is 5.03. The van der Waals surface area contributed by atoms with Gasteiger partial charge in [0.1, 0.15) is 0 Å². The molecule has 14 heavy (non-hydrogen) atoms. The molecule has 2 unspecified atom stereocenters. The van der Waals surface area contributed by atoms with Crippen molar-refractivity contribution in [3.63, 3.8) is 0 Å². The van der Waals surface area contributed by atoms with Crippen molar-refractivity contribution in [2.24, 2.45) is 0 Å². The third-order valence-corrected chi connectivity index (χ3v) is 4.05. The van der Waals surface area contributed by atoms with Crippen molar-refractivity contribution in [2.45, 2.75) is 58.2 Å². The zero-order valence-electron chi connectivity index (χ0n) is 9.87. The van der Waals surface area contributed by atoms with E-state index in [1.54, 1.807) is 0 Å². The van der Waals surface area contributed by atoms with Crippen LogP contribution in [0.2, 0.25) is 0 Å². The molecule has 0 aromatic carbocycles. The van der Waals surface area contributed by atoms with Gasteiger partial charge in [0.25, 0.3) is 0 Å². The summed E-state index contributed by atoms with van der Waals surface area (Å²) in [7, 11) is 0. The number of rotatable bonds is 2. The van der Waals surface area contributed by atoms with Crippen molar-refractivity contribution in [1.29, 1.82) is 0 Å². The van der Waals surface area contributed by atoms with Crippen LogP contribution < -0.4 is 0 Å². The van der Waals surface area contributed by atoms with Crippen LogP contribution in [0.3, 0.4) is 0 Å². The van der Waals surface area contributed by atoms with E-state index in [0.29, 0.717) is 0 Å². The van der Waals surface area contributed by atoms with Crippen LogP contribution in [0.5, 0.6) is 0 Å². The minimum absolute atomic E-state index is 0.736. The highest BCUT2D eigenvalue weighted by molar-refractivity contribution is 4.96. The molecule has 82 valence electrons. The SMILES string of the molecule is CCN1CCN(C(C)C)C2CCCC21. The van der Waals surface area contributed by atoms with Crippen molar-refractivity contribution >= 4 is 0 Å². The Kier molecular flexibility index (Phi) is 3.13. The molecule has 0 aromatic heterocycles. The lowest BCUT2D eigenvalue weighted by atomic mass is 10.0. The van der Waals surface area contributed by atoms with Crippen LogP contribution in [-0.4, -0.2) is 47.6 Å². The van der Waals surface area contributed by atoms with Gasteiger partial charge in [-0.15, -0.1) is 0 Å². The normalized spacial score (nSPS) is 35.1. The molecule has 2 atom stereocenters. The topological polar surface area (TPSA) is 6.48 Å². The fraction of sp³-hybridized carbons (Fsp3) is 1.00. The summed E-state index contributed by atoms with van der Waals surface area (Å²) in [4.78, 5) is 5.42. The molecule has 1 heterocycles. The van der Waals surface area contributed by atoms with Crippen LogP contribution in [0.1, 0.15) is 40.0 Å². The van der Waals surface area contributed by atoms with Gasteiger partial charge in [0.15, 0.2) is 0 Å². The number of hydrogen-bond acceptors (Lipinski definition) is 2. The predicted octanol–water partition coefficient (Wildman–Crippen LogP) is 1.95. The molecule has 0 aromatic rings. The zero-order chi connectivity index (χ0) is 10.1. The van der Waals surface area contributed by atoms with Gasteiger partial charge >= 0.3 is 0 Å². The maximum absolute atomic E-state index is 2.73. The molecule has 1 aliphatic heterocycles. The zero-order valence-corrected chi connectivity index (χ0v) is 9.87. The Morgan fingerprint density at radius 2 is 1.86 bits per heavy atom. The largest absolute Gasteiger partial charge is 0.298 e. The third kappa shape index (κ3) is 1.70. The average Bonchev–Trinajstić information content (AvgIpc) is 2.64. The minimum atomic E-state index is 0.736. The summed E-state index contributed by atoms with van der Waals surface area (Å²) in [6, 6.07) is 2.47. The highest BCUT2D eigenvalue weighted by atomic mass is 15.3. The Hall–Kier alpha value is -0.0800. The first-order valence-corrected chi connectivity index (χ1v) is 6.23. The summed E-state index contributed by atoms with van der Waals surface area (Å²) in [5.74, 6) is 0. The number of piperazine rings is 1. The summed E-state index contributed by atoms with van der Waals surface area (Å²) >= 11 is 0. The van der Waals surface area contributed by atoms with Gasteiger partial charge in [0.05, 0.1) is 0 Å². The molecule has 2 fully saturated rings. The number of likely N-dealkylation sites (N-methyl/N-ethyl adjacent to an activating group) is 1. The van der Waals surface area contributed by atoms with Crippen LogP contribution in [0.15, 0.2) is 0 Å². The Morgan fingerprint density at radius 1 is 1.14 bits per heavy atom. The molecule has 1 saturated heterocycles. The van der Waals surface area contributed by atoms with Crippen molar-refractivity contribution in [1.82, 2.24) is 9.80 Å². The van der Waals surface area contributed by atoms with Gasteiger partial charge < -0.3 is 0 Å². The summed E-state index contributed by atoms with van der Waals surface area (Å²) in [6.45, 7) is 10.8. The molecule has 0 spiro atoms. The Labute approximate surface area is 88.3 Å². The highest BCUT2D eigenvalue weighted by Crippen LogP contribution is 2.32. The molecule has 1 aliphatic carbocycles. The summed E-state index contributed by atoms with van der Waals surface area (Å²) < 4.78 is 0. The van der Waals surface area contributed by atoms with E-state index >= 15 is 0 Å². The first-order chi connectivity index (χ1) is 6.74. The van der Waals surface area contributed by atoms with Gasteiger partial charge in [0, 0.05) is 31.2 Å². The van der Waals surface area contributed by atoms with Gasteiger partial charge in [-0.05, 0) is 33.2 Å². The maximum Gasteiger partial charge on any atom is 0.0254 e. The molecule has 0 N–H and O–H groups in total. The second kappa shape index (κ2) is 4.19. The Bertz CT molecular complexity index is 191. The predicted molar refractivity (Wildman–Crippen MR) is 60.5 cm³/mol. The Morgan fingerprint density at radius 3 is 2.50 bits per heavy atom. The van der Waals surface area contributed by atoms with E-state index in [2.05, 4.69) is 30.6 Å². The van der Waals surface area contributed by atoms with E-state index in [4.69, 9.17) is 0 Å². The van der Waals surface area contributed by atoms with Crippen molar-refractivity contribution < 1.29 is 0 Å². The van der Waals surface area contributed by atoms with E-state index in [1.165, 1.54) is 38.9 Å². The van der Waals surface area contributed by atoms with Gasteiger partial charge in [-0.2, -0.15) is 0 Å². The van der Waals surface area contributed by atoms with Gasteiger partial charge in [-0.25, -0.2) is 0 Å². The number of nitrogens with zero attached hydrogens (tertiary/aromatic N) is 2. The summed E-state index contributed by atoms with van der Waals surface area (Å²) in [6.07, 6.45) is 4.30. The maximum atomic E-state index is 2.73. The molecule has 2 aliphatic rings. The van der Waals surface area contributed by atoms with Crippen LogP contribution in [0.4, 0.5) is 0 Å². The molecule has 1 saturated carbocycles. The monoisotopic (exact) mass is 196 g/mol. The lowest BCUT2D eigenvalue weighted by Gasteiger charge is -2.46. The van der Waals surface area contributed by atoms with E-state index in [-0.39, 0.29) is 0 Å². The average molecular weight is 196 g/mol. The molecule has 2 rings (SSSR count). The van der Waals surface area contributed by atoms with Crippen LogP contribution in [-0.2, 0) is 0 Å². The van der Waals surface area contributed by atoms with E-state index < -0.39 is 0 Å². The molecule has 0 bridgehead atoms. The molecular formula is C12H24N2. The van der Waals surface area contributed by atoms with E-state index in [9.17, 15) is 0 Å². The molecule has 0 radical (unpaired) electrons. The van der Waals surface area contributed by atoms with Gasteiger partial charge in [0.2, 0.25) is 0 Å². The van der Waals surface area contributed by atoms with E-state index in [1.807, 2.05) is 0 Å². The number of fused-ring (bicyclic) bond motifs is 1. The molecule has 0 amide bonds. The van der Waals surface area contributed by atoms with Crippen molar-refractivity contribution in [3.8, 4) is 0 Å². The molecular weight excluding hydrogens is 172 g/mol. The van der Waals surface area contributed by atoms with Crippen molar-refractivity contribution in [2.75, 3.05) is 19.6 Å². The number of hydrogen-bond donors (Lipinski definition) is 0. The fourth-order valence-corrected chi connectivity index (χ4v) is 3.34. The fourth-order valence-electron chi connectivity index (χ4n) is 3.34. The van der Waals surface area contributed by atoms with Crippen LogP contribution >= 0.6 is 0 Å². The van der Waals surface area contributed by atoms with Crippen molar-refractivity contribution in [3.05, 3.63) is 0 Å². The smallest absolute Gasteiger partial charge is 0.0254 e. The highest BCUT2D eigenvalue weighted by Gasteiger charge is 2.39. The lowest BCUT2D eigenvalue weighted by molar-refractivity contribution is 0.0203. The van der Waals surface area contributed by atoms with Crippen LogP contribution in [0, 0.1) is 0 Å². The third-order valence-electron chi connectivity index (χ3n) is 4.05. The minimum Gasteiger partial charge on any atom is -0.298 e. The first kappa shape index (κ1) is 10.4. The van der Waals surface area contributed by atoms with Crippen LogP contribution in [0.25, 0.3) is 0 Å². The quantitative estimate of drug-likeness (QED) is 0.666. The second-order valence-corrected chi connectivity index (χ2v) is 5.03. The van der Waals surface area contributed by atoms with E-state index in [0.717, 1.165) is 18.1 Å². The molecule has 2 nitrogen and oxygen atoms in total. The first-order valence-electron chi connectivity index (χ1n) is 6.23. The van der Waals surface area contributed by atoms with Gasteiger partial charge in [-0.1, -0.05) is 13.3 Å².